The Morgan fingerprint density at radius 2 is 1.72 bits per heavy atom. The molecule has 0 radical (unpaired) electrons. The van der Waals surface area contributed by atoms with Crippen LogP contribution in [0.4, 0.5) is 0 Å². The smallest absolute Gasteiger partial charge is 0.0129 e. The Bertz CT molecular complexity index is 389. The molecule has 1 saturated carbocycles. The maximum Gasteiger partial charge on any atom is -0.0129 e. The fourth-order valence-corrected chi connectivity index (χ4v) is 3.42. The Balaban J connectivity index is 2.08. The Morgan fingerprint density at radius 3 is 2.28 bits per heavy atom. The zero-order valence-electron chi connectivity index (χ0n) is 12.6. The number of hydrogen-bond acceptors (Lipinski definition) is 0. The summed E-state index contributed by atoms with van der Waals surface area (Å²) in [5, 5.41) is 0. The Labute approximate surface area is 113 Å². The molecule has 0 saturated heterocycles. The third-order valence-corrected chi connectivity index (χ3v) is 4.35. The summed E-state index contributed by atoms with van der Waals surface area (Å²) in [4.78, 5) is 0. The van der Waals surface area contributed by atoms with E-state index in [1.165, 1.54) is 49.7 Å². The third kappa shape index (κ3) is 3.37. The molecule has 0 N–H and O–H groups in total. The van der Waals surface area contributed by atoms with Crippen LogP contribution in [0, 0.1) is 12.8 Å². The van der Waals surface area contributed by atoms with Crippen LogP contribution >= 0.6 is 0 Å². The molecule has 0 unspecified atom stereocenters. The minimum absolute atomic E-state index is 0.271. The van der Waals surface area contributed by atoms with Crippen molar-refractivity contribution in [2.24, 2.45) is 5.92 Å². The molecule has 0 nitrogen and oxygen atoms in total. The summed E-state index contributed by atoms with van der Waals surface area (Å²) >= 11 is 0. The van der Waals surface area contributed by atoms with Gasteiger partial charge in [0, 0.05) is 0 Å². The lowest BCUT2D eigenvalue weighted by Crippen LogP contribution is -2.14. The van der Waals surface area contributed by atoms with Crippen LogP contribution in [0.25, 0.3) is 0 Å². The highest BCUT2D eigenvalue weighted by molar-refractivity contribution is 5.35. The molecule has 0 aromatic heterocycles. The summed E-state index contributed by atoms with van der Waals surface area (Å²) in [5.41, 5.74) is 4.78. The van der Waals surface area contributed by atoms with Crippen LogP contribution in [0.2, 0.25) is 0 Å². The van der Waals surface area contributed by atoms with E-state index in [1.807, 2.05) is 0 Å². The Hall–Kier alpha value is -0.780. The van der Waals surface area contributed by atoms with E-state index in [4.69, 9.17) is 0 Å². The minimum atomic E-state index is 0.271. The van der Waals surface area contributed by atoms with Crippen molar-refractivity contribution in [3.05, 3.63) is 34.9 Å². The topological polar surface area (TPSA) is 0 Å². The zero-order valence-corrected chi connectivity index (χ0v) is 12.6. The summed E-state index contributed by atoms with van der Waals surface area (Å²) in [6, 6.07) is 7.14. The van der Waals surface area contributed by atoms with Gasteiger partial charge in [-0.2, -0.15) is 0 Å². The van der Waals surface area contributed by atoms with Crippen LogP contribution < -0.4 is 0 Å². The molecule has 100 valence electrons. The predicted octanol–water partition coefficient (Wildman–Crippen LogP) is 5.42. The molecule has 1 aliphatic rings. The van der Waals surface area contributed by atoms with Crippen LogP contribution in [0.3, 0.4) is 0 Å². The van der Waals surface area contributed by atoms with Gasteiger partial charge in [0.15, 0.2) is 0 Å². The van der Waals surface area contributed by atoms with Crippen LogP contribution in [0.1, 0.15) is 69.6 Å². The van der Waals surface area contributed by atoms with Crippen molar-refractivity contribution >= 4 is 0 Å². The molecular weight excluding hydrogens is 216 g/mol. The van der Waals surface area contributed by atoms with Crippen LogP contribution in [0.15, 0.2) is 18.2 Å². The molecule has 18 heavy (non-hydrogen) atoms. The van der Waals surface area contributed by atoms with Crippen molar-refractivity contribution < 1.29 is 0 Å². The zero-order chi connectivity index (χ0) is 13.2. The molecule has 1 aliphatic carbocycles. The van der Waals surface area contributed by atoms with Gasteiger partial charge in [0.05, 0.1) is 0 Å². The van der Waals surface area contributed by atoms with Crippen molar-refractivity contribution in [2.45, 2.75) is 71.6 Å². The molecule has 2 rings (SSSR count). The van der Waals surface area contributed by atoms with Gasteiger partial charge in [-0.25, -0.2) is 0 Å². The first-order chi connectivity index (χ1) is 8.47. The fourth-order valence-electron chi connectivity index (χ4n) is 3.42. The number of hydrogen-bond donors (Lipinski definition) is 0. The second kappa shape index (κ2) is 5.47. The monoisotopic (exact) mass is 244 g/mol. The second-order valence-electron chi connectivity index (χ2n) is 7.11. The van der Waals surface area contributed by atoms with E-state index in [-0.39, 0.29) is 5.41 Å². The number of rotatable bonds is 2. The van der Waals surface area contributed by atoms with Crippen molar-refractivity contribution in [1.82, 2.24) is 0 Å². The van der Waals surface area contributed by atoms with Gasteiger partial charge < -0.3 is 0 Å². The Morgan fingerprint density at radius 1 is 1.06 bits per heavy atom. The average Bonchev–Trinajstić information content (AvgIpc) is 2.28. The Kier molecular flexibility index (Phi) is 4.14. The van der Waals surface area contributed by atoms with Crippen molar-refractivity contribution in [3.8, 4) is 0 Å². The van der Waals surface area contributed by atoms with Crippen molar-refractivity contribution in [3.63, 3.8) is 0 Å². The van der Waals surface area contributed by atoms with Crippen molar-refractivity contribution in [1.29, 1.82) is 0 Å². The van der Waals surface area contributed by atoms with Crippen molar-refractivity contribution in [2.75, 3.05) is 0 Å². The van der Waals surface area contributed by atoms with E-state index in [9.17, 15) is 0 Å². The van der Waals surface area contributed by atoms with Crippen LogP contribution in [0.5, 0.6) is 0 Å². The first-order valence-electron chi connectivity index (χ1n) is 7.57. The molecular formula is C18H28. The highest BCUT2D eigenvalue weighted by Gasteiger charge is 2.18. The average molecular weight is 244 g/mol. The largest absolute Gasteiger partial charge is 0.0587 e. The van der Waals surface area contributed by atoms with Gasteiger partial charge >= 0.3 is 0 Å². The highest BCUT2D eigenvalue weighted by atomic mass is 14.2. The van der Waals surface area contributed by atoms with E-state index in [0.29, 0.717) is 0 Å². The van der Waals surface area contributed by atoms with E-state index in [1.54, 1.807) is 5.56 Å². The molecule has 0 heteroatoms. The minimum Gasteiger partial charge on any atom is -0.0587 e. The number of aryl methyl sites for hydroxylation is 1. The first-order valence-corrected chi connectivity index (χ1v) is 7.57. The molecule has 1 aromatic carbocycles. The van der Waals surface area contributed by atoms with Crippen LogP contribution in [-0.2, 0) is 11.8 Å². The van der Waals surface area contributed by atoms with Gasteiger partial charge in [0.2, 0.25) is 0 Å². The normalized spacial score (nSPS) is 18.0. The molecule has 1 fully saturated rings. The van der Waals surface area contributed by atoms with Gasteiger partial charge in [0.25, 0.3) is 0 Å². The summed E-state index contributed by atoms with van der Waals surface area (Å²) in [6.45, 7) is 9.17. The third-order valence-electron chi connectivity index (χ3n) is 4.35. The molecule has 0 aliphatic heterocycles. The maximum absolute atomic E-state index is 2.43. The van der Waals surface area contributed by atoms with Gasteiger partial charge in [-0.1, -0.05) is 71.1 Å². The molecule has 0 atom stereocenters. The standard InChI is InChI=1S/C18H28/c1-14-12-16(10-11-17(14)18(2,3)4)13-15-8-6-5-7-9-15/h10-12,15H,5-9,13H2,1-4H3. The lowest BCUT2D eigenvalue weighted by molar-refractivity contribution is 0.356. The van der Waals surface area contributed by atoms with Gasteiger partial charge in [-0.15, -0.1) is 0 Å². The predicted molar refractivity (Wildman–Crippen MR) is 80.2 cm³/mol. The van der Waals surface area contributed by atoms with Crippen LogP contribution in [-0.4, -0.2) is 0 Å². The summed E-state index contributed by atoms with van der Waals surface area (Å²) in [5.74, 6) is 0.943. The van der Waals surface area contributed by atoms with Gasteiger partial charge in [0.1, 0.15) is 0 Å². The van der Waals surface area contributed by atoms with Gasteiger partial charge in [-0.05, 0) is 41.4 Å². The highest BCUT2D eigenvalue weighted by Crippen LogP contribution is 2.30. The van der Waals surface area contributed by atoms with E-state index >= 15 is 0 Å². The lowest BCUT2D eigenvalue weighted by atomic mass is 9.81. The lowest BCUT2D eigenvalue weighted by Gasteiger charge is -2.24. The summed E-state index contributed by atoms with van der Waals surface area (Å²) in [6.07, 6.45) is 8.54. The first kappa shape index (κ1) is 13.6. The molecule has 0 spiro atoms. The molecule has 0 heterocycles. The van der Waals surface area contributed by atoms with E-state index in [2.05, 4.69) is 45.9 Å². The number of benzene rings is 1. The SMILES string of the molecule is Cc1cc(CC2CCCCC2)ccc1C(C)(C)C. The maximum atomic E-state index is 2.43. The second-order valence-corrected chi connectivity index (χ2v) is 7.11. The molecule has 0 amide bonds. The quantitative estimate of drug-likeness (QED) is 0.652. The van der Waals surface area contributed by atoms with E-state index in [0.717, 1.165) is 5.92 Å². The summed E-state index contributed by atoms with van der Waals surface area (Å²) in [7, 11) is 0. The molecule has 1 aromatic rings. The summed E-state index contributed by atoms with van der Waals surface area (Å²) < 4.78 is 0. The fraction of sp³-hybridized carbons (Fsp3) is 0.667. The van der Waals surface area contributed by atoms with Gasteiger partial charge in [-0.3, -0.25) is 0 Å². The van der Waals surface area contributed by atoms with E-state index < -0.39 is 0 Å². The molecule has 0 bridgehead atoms.